The number of rotatable bonds is 4. The maximum absolute atomic E-state index is 12.3. The molecule has 7 heteroatoms. The number of tetrazole rings is 1. The molecule has 0 N–H and O–H groups in total. The summed E-state index contributed by atoms with van der Waals surface area (Å²) >= 11 is 1.54. The number of benzene rings is 1. The first kappa shape index (κ1) is 16.0. The van der Waals surface area contributed by atoms with Gasteiger partial charge in [-0.3, -0.25) is 0 Å². The van der Waals surface area contributed by atoms with E-state index in [4.69, 9.17) is 4.74 Å². The van der Waals surface area contributed by atoms with Gasteiger partial charge in [-0.1, -0.05) is 18.2 Å². The normalized spacial score (nSPS) is 13.0. The van der Waals surface area contributed by atoms with Crippen molar-refractivity contribution < 1.29 is 9.53 Å². The number of carbonyl (C=O) groups excluding carboxylic acids is 1. The van der Waals surface area contributed by atoms with Gasteiger partial charge in [-0.05, 0) is 66.3 Å². The first-order valence-corrected chi connectivity index (χ1v) is 9.07. The number of nitrogens with zero attached hydrogens (tertiary/aromatic N) is 4. The van der Waals surface area contributed by atoms with Crippen molar-refractivity contribution in [1.29, 1.82) is 0 Å². The van der Waals surface area contributed by atoms with Gasteiger partial charge in [0.2, 0.25) is 0 Å². The standard InChI is InChI=1S/C18H18N4O2S/c1-11-5-3-6-12(2)17(11)22-16(19-20-21-22)10-24-18(23)15-9-13-7-4-8-14(13)25-15/h3,5-6,9H,4,7-8,10H2,1-2H3. The molecule has 0 aliphatic heterocycles. The minimum absolute atomic E-state index is 0.0438. The van der Waals surface area contributed by atoms with Crippen molar-refractivity contribution in [2.75, 3.05) is 0 Å². The smallest absolute Gasteiger partial charge is 0.348 e. The summed E-state index contributed by atoms with van der Waals surface area (Å²) in [5, 5.41) is 11.8. The zero-order chi connectivity index (χ0) is 17.4. The summed E-state index contributed by atoms with van der Waals surface area (Å²) in [5.74, 6) is 0.199. The number of para-hydroxylation sites is 1. The molecule has 0 saturated heterocycles. The molecule has 0 spiro atoms. The summed E-state index contributed by atoms with van der Waals surface area (Å²) in [7, 11) is 0. The molecule has 0 saturated carbocycles. The molecule has 0 unspecified atom stereocenters. The van der Waals surface area contributed by atoms with E-state index in [9.17, 15) is 4.79 Å². The number of hydrogen-bond donors (Lipinski definition) is 0. The van der Waals surface area contributed by atoms with Crippen LogP contribution in [0.25, 0.3) is 5.69 Å². The Kier molecular flexibility index (Phi) is 4.09. The van der Waals surface area contributed by atoms with Gasteiger partial charge in [0.05, 0.1) is 5.69 Å². The van der Waals surface area contributed by atoms with Crippen LogP contribution in [0.5, 0.6) is 0 Å². The van der Waals surface area contributed by atoms with Crippen molar-refractivity contribution >= 4 is 17.3 Å². The highest BCUT2D eigenvalue weighted by molar-refractivity contribution is 7.14. The molecule has 2 aromatic heterocycles. The average Bonchev–Trinajstić information content (AvgIpc) is 3.28. The molecule has 3 aromatic rings. The van der Waals surface area contributed by atoms with Crippen LogP contribution in [0.3, 0.4) is 0 Å². The monoisotopic (exact) mass is 354 g/mol. The number of esters is 1. The molecule has 0 atom stereocenters. The van der Waals surface area contributed by atoms with E-state index in [1.165, 1.54) is 28.2 Å². The molecule has 4 rings (SSSR count). The van der Waals surface area contributed by atoms with Crippen molar-refractivity contribution in [3.63, 3.8) is 0 Å². The van der Waals surface area contributed by atoms with Crippen LogP contribution in [0.15, 0.2) is 24.3 Å². The molecule has 1 aromatic carbocycles. The number of fused-ring (bicyclic) bond motifs is 1. The summed E-state index contributed by atoms with van der Waals surface area (Å²) in [6, 6.07) is 7.97. The van der Waals surface area contributed by atoms with Crippen LogP contribution >= 0.6 is 11.3 Å². The topological polar surface area (TPSA) is 69.9 Å². The van der Waals surface area contributed by atoms with Crippen molar-refractivity contribution in [1.82, 2.24) is 20.2 Å². The van der Waals surface area contributed by atoms with Crippen molar-refractivity contribution in [2.45, 2.75) is 39.7 Å². The lowest BCUT2D eigenvalue weighted by atomic mass is 10.1. The Hall–Kier alpha value is -2.54. The number of hydrogen-bond acceptors (Lipinski definition) is 6. The average molecular weight is 354 g/mol. The molecule has 0 radical (unpaired) electrons. The van der Waals surface area contributed by atoms with Gasteiger partial charge in [0.1, 0.15) is 4.88 Å². The maximum Gasteiger partial charge on any atom is 0.348 e. The van der Waals surface area contributed by atoms with Crippen LogP contribution in [-0.4, -0.2) is 26.2 Å². The Morgan fingerprint density at radius 1 is 1.28 bits per heavy atom. The summed E-state index contributed by atoms with van der Waals surface area (Å²) in [4.78, 5) is 14.3. The highest BCUT2D eigenvalue weighted by Crippen LogP contribution is 2.31. The predicted octanol–water partition coefficient (Wildman–Crippen LogP) is 3.19. The van der Waals surface area contributed by atoms with E-state index >= 15 is 0 Å². The second-order valence-electron chi connectivity index (χ2n) is 6.24. The van der Waals surface area contributed by atoms with Gasteiger partial charge in [0, 0.05) is 4.88 Å². The fourth-order valence-electron chi connectivity index (χ4n) is 3.24. The fraction of sp³-hybridized carbons (Fsp3) is 0.333. The minimum atomic E-state index is -0.310. The van der Waals surface area contributed by atoms with Gasteiger partial charge in [0.25, 0.3) is 0 Å². The number of carbonyl (C=O) groups is 1. The van der Waals surface area contributed by atoms with Gasteiger partial charge in [-0.15, -0.1) is 16.4 Å². The van der Waals surface area contributed by atoms with Crippen molar-refractivity contribution in [3.05, 3.63) is 56.5 Å². The van der Waals surface area contributed by atoms with E-state index in [-0.39, 0.29) is 12.6 Å². The third-order valence-electron chi connectivity index (χ3n) is 4.47. The largest absolute Gasteiger partial charge is 0.453 e. The molecule has 0 fully saturated rings. The Balaban J connectivity index is 1.52. The fourth-order valence-corrected chi connectivity index (χ4v) is 4.39. The molecular weight excluding hydrogens is 336 g/mol. The van der Waals surface area contributed by atoms with Crippen molar-refractivity contribution in [2.24, 2.45) is 0 Å². The molecule has 1 aliphatic carbocycles. The summed E-state index contributed by atoms with van der Waals surface area (Å²) in [6.45, 7) is 4.06. The third kappa shape index (κ3) is 2.95. The Labute approximate surface area is 149 Å². The molecule has 0 bridgehead atoms. The van der Waals surface area contributed by atoms with Crippen LogP contribution in [0.1, 0.15) is 43.5 Å². The van der Waals surface area contributed by atoms with Crippen LogP contribution in [0, 0.1) is 13.8 Å². The highest BCUT2D eigenvalue weighted by atomic mass is 32.1. The lowest BCUT2D eigenvalue weighted by Crippen LogP contribution is -2.11. The summed E-state index contributed by atoms with van der Waals surface area (Å²) in [6.07, 6.45) is 3.31. The first-order valence-electron chi connectivity index (χ1n) is 8.26. The quantitative estimate of drug-likeness (QED) is 0.673. The van der Waals surface area contributed by atoms with Gasteiger partial charge in [-0.2, -0.15) is 4.68 Å². The van der Waals surface area contributed by atoms with E-state index in [1.54, 1.807) is 4.68 Å². The number of ether oxygens (including phenoxy) is 1. The number of aryl methyl sites for hydroxylation is 4. The number of thiophene rings is 1. The molecule has 25 heavy (non-hydrogen) atoms. The van der Waals surface area contributed by atoms with E-state index in [0.717, 1.165) is 29.7 Å². The zero-order valence-corrected chi connectivity index (χ0v) is 15.0. The second-order valence-corrected chi connectivity index (χ2v) is 7.37. The molecule has 128 valence electrons. The highest BCUT2D eigenvalue weighted by Gasteiger charge is 2.20. The van der Waals surface area contributed by atoms with Gasteiger partial charge in [0.15, 0.2) is 12.4 Å². The Morgan fingerprint density at radius 3 is 2.84 bits per heavy atom. The molecule has 0 amide bonds. The first-order chi connectivity index (χ1) is 12.1. The Bertz CT molecular complexity index is 903. The SMILES string of the molecule is Cc1cccc(C)c1-n1nnnc1COC(=O)c1cc2c(s1)CCC2. The lowest BCUT2D eigenvalue weighted by molar-refractivity contribution is 0.0465. The molecule has 2 heterocycles. The van der Waals surface area contributed by atoms with Crippen LogP contribution in [-0.2, 0) is 24.2 Å². The molecule has 1 aliphatic rings. The summed E-state index contributed by atoms with van der Waals surface area (Å²) in [5.41, 5.74) is 4.34. The molecular formula is C18H18N4O2S. The lowest BCUT2D eigenvalue weighted by Gasteiger charge is -2.10. The third-order valence-corrected chi connectivity index (χ3v) is 5.68. The Morgan fingerprint density at radius 2 is 2.08 bits per heavy atom. The van der Waals surface area contributed by atoms with Gasteiger partial charge >= 0.3 is 5.97 Å². The molecule has 6 nitrogen and oxygen atoms in total. The van der Waals surface area contributed by atoms with E-state index in [0.29, 0.717) is 10.7 Å². The number of aromatic nitrogens is 4. The van der Waals surface area contributed by atoms with E-state index in [2.05, 4.69) is 15.5 Å². The summed E-state index contributed by atoms with van der Waals surface area (Å²) < 4.78 is 7.10. The predicted molar refractivity (Wildman–Crippen MR) is 94.1 cm³/mol. The van der Waals surface area contributed by atoms with Crippen LogP contribution in [0.2, 0.25) is 0 Å². The maximum atomic E-state index is 12.3. The van der Waals surface area contributed by atoms with Gasteiger partial charge < -0.3 is 4.74 Å². The van der Waals surface area contributed by atoms with E-state index in [1.807, 2.05) is 38.1 Å². The van der Waals surface area contributed by atoms with Crippen LogP contribution < -0.4 is 0 Å². The minimum Gasteiger partial charge on any atom is -0.453 e. The zero-order valence-electron chi connectivity index (χ0n) is 14.2. The van der Waals surface area contributed by atoms with Crippen molar-refractivity contribution in [3.8, 4) is 5.69 Å². The van der Waals surface area contributed by atoms with Crippen LogP contribution in [0.4, 0.5) is 0 Å². The van der Waals surface area contributed by atoms with Gasteiger partial charge in [-0.25, -0.2) is 4.79 Å². The van der Waals surface area contributed by atoms with E-state index < -0.39 is 0 Å². The second kappa shape index (κ2) is 6.40.